The van der Waals surface area contributed by atoms with Crippen molar-refractivity contribution < 1.29 is 13.2 Å². The van der Waals surface area contributed by atoms with Crippen LogP contribution >= 0.6 is 11.6 Å². The molecule has 1 amide bonds. The number of nitrogens with zero attached hydrogens (tertiary/aromatic N) is 1. The van der Waals surface area contributed by atoms with Crippen molar-refractivity contribution in [2.24, 2.45) is 0 Å². The zero-order chi connectivity index (χ0) is 18.9. The lowest BCUT2D eigenvalue weighted by molar-refractivity contribution is 0.0764. The second kappa shape index (κ2) is 7.08. The zero-order valence-electron chi connectivity index (χ0n) is 13.6. The van der Waals surface area contributed by atoms with E-state index in [0.29, 0.717) is 10.6 Å². The summed E-state index contributed by atoms with van der Waals surface area (Å²) in [6, 6.07) is 6.71. The number of benzene rings is 1. The van der Waals surface area contributed by atoms with Crippen molar-refractivity contribution in [2.45, 2.75) is 11.7 Å². The van der Waals surface area contributed by atoms with Crippen LogP contribution in [0.4, 0.5) is 0 Å². The van der Waals surface area contributed by atoms with E-state index in [9.17, 15) is 22.8 Å². The van der Waals surface area contributed by atoms with Crippen LogP contribution in [0.3, 0.4) is 0 Å². The molecule has 1 aromatic heterocycles. The molecule has 26 heavy (non-hydrogen) atoms. The van der Waals surface area contributed by atoms with Gasteiger partial charge in [-0.25, -0.2) is 13.2 Å². The molecule has 3 rings (SSSR count). The van der Waals surface area contributed by atoms with E-state index in [-0.39, 0.29) is 30.8 Å². The molecule has 138 valence electrons. The van der Waals surface area contributed by atoms with Crippen molar-refractivity contribution in [3.8, 4) is 0 Å². The molecule has 8 nitrogen and oxygen atoms in total. The van der Waals surface area contributed by atoms with Crippen LogP contribution in [0.5, 0.6) is 0 Å². The maximum Gasteiger partial charge on any atom is 0.325 e. The van der Waals surface area contributed by atoms with Gasteiger partial charge < -0.3 is 9.88 Å². The van der Waals surface area contributed by atoms with Crippen LogP contribution in [0, 0.1) is 0 Å². The minimum atomic E-state index is -3.52. The van der Waals surface area contributed by atoms with Gasteiger partial charge in [0.25, 0.3) is 11.5 Å². The van der Waals surface area contributed by atoms with Crippen LogP contribution in [-0.4, -0.2) is 48.0 Å². The molecular weight excluding hydrogens is 382 g/mol. The number of aromatic nitrogens is 2. The summed E-state index contributed by atoms with van der Waals surface area (Å²) >= 11 is 6.14. The van der Waals surface area contributed by atoms with Gasteiger partial charge in [0.15, 0.2) is 9.84 Å². The second-order valence-corrected chi connectivity index (χ2v) is 8.65. The quantitative estimate of drug-likeness (QED) is 0.773. The summed E-state index contributed by atoms with van der Waals surface area (Å²) in [5, 5.41) is -0.458. The predicted octanol–water partition coefficient (Wildman–Crippen LogP) is 0.719. The molecule has 1 aliphatic rings. The van der Waals surface area contributed by atoms with E-state index >= 15 is 0 Å². The molecular formula is C16H16ClN3O5S. The molecule has 10 heteroatoms. The Balaban J connectivity index is 1.89. The number of carbonyl (C=O) groups is 1. The third kappa shape index (κ3) is 3.58. The maximum atomic E-state index is 12.7. The van der Waals surface area contributed by atoms with E-state index in [1.807, 2.05) is 4.98 Å². The zero-order valence-corrected chi connectivity index (χ0v) is 15.1. The Morgan fingerprint density at radius 2 is 1.92 bits per heavy atom. The second-order valence-electron chi connectivity index (χ2n) is 5.94. The molecule has 2 aromatic rings. The fourth-order valence-corrected chi connectivity index (χ4v) is 5.12. The average Bonchev–Trinajstić information content (AvgIpc) is 2.73. The van der Waals surface area contributed by atoms with Gasteiger partial charge in [-0.3, -0.25) is 14.6 Å². The minimum absolute atomic E-state index is 0.0410. The van der Waals surface area contributed by atoms with Gasteiger partial charge >= 0.3 is 5.69 Å². The fourth-order valence-electron chi connectivity index (χ4n) is 2.97. The number of H-pyrrole nitrogens is 2. The van der Waals surface area contributed by atoms with Gasteiger partial charge in [0.05, 0.1) is 11.0 Å². The van der Waals surface area contributed by atoms with Gasteiger partial charge in [-0.15, -0.1) is 0 Å². The number of aromatic amines is 2. The molecule has 0 spiro atoms. The topological polar surface area (TPSA) is 120 Å². The number of hydrogen-bond acceptors (Lipinski definition) is 5. The first kappa shape index (κ1) is 18.4. The number of sulfone groups is 1. The lowest BCUT2D eigenvalue weighted by atomic mass is 10.1. The number of amides is 1. The molecule has 1 saturated heterocycles. The molecule has 0 saturated carbocycles. The monoisotopic (exact) mass is 397 g/mol. The molecule has 0 aliphatic carbocycles. The van der Waals surface area contributed by atoms with Crippen LogP contribution in [0.15, 0.2) is 40.1 Å². The Morgan fingerprint density at radius 1 is 1.19 bits per heavy atom. The van der Waals surface area contributed by atoms with Crippen LogP contribution < -0.4 is 11.2 Å². The molecule has 1 unspecified atom stereocenters. The molecule has 0 bridgehead atoms. The molecule has 1 aliphatic heterocycles. The molecule has 1 atom stereocenters. The van der Waals surface area contributed by atoms with Crippen molar-refractivity contribution in [3.63, 3.8) is 0 Å². The number of halogens is 1. The number of carbonyl (C=O) groups excluding carboxylic acids is 1. The van der Waals surface area contributed by atoms with E-state index in [1.165, 1.54) is 4.90 Å². The molecule has 1 fully saturated rings. The molecule has 0 radical (unpaired) electrons. The number of rotatable bonds is 2. The number of nitrogens with one attached hydrogen (secondary N) is 2. The maximum absolute atomic E-state index is 12.7. The summed E-state index contributed by atoms with van der Waals surface area (Å²) < 4.78 is 25.3. The van der Waals surface area contributed by atoms with E-state index < -0.39 is 32.2 Å². The first-order chi connectivity index (χ1) is 12.3. The number of hydrogen-bond donors (Lipinski definition) is 2. The van der Waals surface area contributed by atoms with Crippen molar-refractivity contribution in [1.82, 2.24) is 14.9 Å². The summed E-state index contributed by atoms with van der Waals surface area (Å²) in [5.74, 6) is -0.867. The van der Waals surface area contributed by atoms with Crippen LogP contribution in [0.25, 0.3) is 0 Å². The van der Waals surface area contributed by atoms with Gasteiger partial charge in [0, 0.05) is 24.3 Å². The Hall–Kier alpha value is -2.39. The van der Waals surface area contributed by atoms with E-state index in [0.717, 1.165) is 6.20 Å². The Morgan fingerprint density at radius 3 is 2.62 bits per heavy atom. The lowest BCUT2D eigenvalue weighted by Gasteiger charge is -2.19. The van der Waals surface area contributed by atoms with E-state index in [2.05, 4.69) is 4.98 Å². The van der Waals surface area contributed by atoms with Crippen LogP contribution in [0.1, 0.15) is 27.6 Å². The highest BCUT2D eigenvalue weighted by atomic mass is 35.5. The van der Waals surface area contributed by atoms with Gasteiger partial charge in [-0.2, -0.15) is 0 Å². The Labute approximate surface area is 153 Å². The standard InChI is InChI=1S/C16H16ClN3O5S/c17-12-4-2-1-3-10(12)13-5-6-20(7-8-26(13,24)25)15(22)11-9-18-16(23)19-14(11)21/h1-4,9,13H,5-8H2,(H2,18,19,21,23). The fraction of sp³-hybridized carbons (Fsp3) is 0.312. The Bertz CT molecular complexity index is 1060. The summed E-state index contributed by atoms with van der Waals surface area (Å²) in [7, 11) is -3.52. The SMILES string of the molecule is O=C(c1c[nH]c(=O)[nH]c1=O)N1CCC(c2ccccc2Cl)S(=O)(=O)CC1. The summed E-state index contributed by atoms with van der Waals surface area (Å²) in [6.07, 6.45) is 1.20. The third-order valence-corrected chi connectivity index (χ3v) is 6.78. The van der Waals surface area contributed by atoms with Crippen molar-refractivity contribution in [1.29, 1.82) is 0 Å². The first-order valence-corrected chi connectivity index (χ1v) is 9.96. The third-order valence-electron chi connectivity index (χ3n) is 4.33. The van der Waals surface area contributed by atoms with Gasteiger partial charge in [-0.05, 0) is 18.1 Å². The summed E-state index contributed by atoms with van der Waals surface area (Å²) in [6.45, 7) is 0.104. The van der Waals surface area contributed by atoms with Crippen molar-refractivity contribution >= 4 is 27.3 Å². The lowest BCUT2D eigenvalue weighted by Crippen LogP contribution is -2.38. The van der Waals surface area contributed by atoms with Gasteiger partial charge in [0.2, 0.25) is 0 Å². The highest BCUT2D eigenvalue weighted by Crippen LogP contribution is 2.33. The Kier molecular flexibility index (Phi) is 5.01. The highest BCUT2D eigenvalue weighted by molar-refractivity contribution is 7.91. The normalized spacial score (nSPS) is 19.7. The first-order valence-electron chi connectivity index (χ1n) is 7.87. The van der Waals surface area contributed by atoms with Crippen LogP contribution in [-0.2, 0) is 9.84 Å². The predicted molar refractivity (Wildman–Crippen MR) is 96.2 cm³/mol. The van der Waals surface area contributed by atoms with Crippen LogP contribution in [0.2, 0.25) is 5.02 Å². The largest absolute Gasteiger partial charge is 0.337 e. The van der Waals surface area contributed by atoms with E-state index in [1.54, 1.807) is 24.3 Å². The van der Waals surface area contributed by atoms with Crippen molar-refractivity contribution in [2.75, 3.05) is 18.8 Å². The molecule has 2 heterocycles. The molecule has 1 aromatic carbocycles. The van der Waals surface area contributed by atoms with Gasteiger partial charge in [-0.1, -0.05) is 29.8 Å². The average molecular weight is 398 g/mol. The van der Waals surface area contributed by atoms with Crippen molar-refractivity contribution in [3.05, 3.63) is 67.4 Å². The molecule has 2 N–H and O–H groups in total. The minimum Gasteiger partial charge on any atom is -0.337 e. The van der Waals surface area contributed by atoms with Gasteiger partial charge in [0.1, 0.15) is 5.56 Å². The highest BCUT2D eigenvalue weighted by Gasteiger charge is 2.34. The summed E-state index contributed by atoms with van der Waals surface area (Å²) in [5.41, 5.74) is -1.26. The van der Waals surface area contributed by atoms with E-state index in [4.69, 9.17) is 11.6 Å². The smallest absolute Gasteiger partial charge is 0.325 e. The summed E-state index contributed by atoms with van der Waals surface area (Å²) in [4.78, 5) is 41.0.